The molecule has 3 rings (SSSR count). The highest BCUT2D eigenvalue weighted by atomic mass is 16.5. The summed E-state index contributed by atoms with van der Waals surface area (Å²) in [4.78, 5) is 17.2. The SMILES string of the molecule is Cc1ccccc1OCC(=O)N(C)Cc1cccc2[nH]ccc12. The maximum absolute atomic E-state index is 12.3. The second kappa shape index (κ2) is 6.57. The van der Waals surface area contributed by atoms with E-state index >= 15 is 0 Å². The molecule has 0 aliphatic rings. The zero-order valence-corrected chi connectivity index (χ0v) is 13.4. The number of carbonyl (C=O) groups is 1. The van der Waals surface area contributed by atoms with E-state index in [-0.39, 0.29) is 12.5 Å². The van der Waals surface area contributed by atoms with Crippen molar-refractivity contribution in [3.8, 4) is 5.75 Å². The molecule has 0 spiro atoms. The van der Waals surface area contributed by atoms with Crippen molar-refractivity contribution in [2.45, 2.75) is 13.5 Å². The maximum atomic E-state index is 12.3. The van der Waals surface area contributed by atoms with Gasteiger partial charge in [-0.2, -0.15) is 0 Å². The number of aromatic amines is 1. The molecule has 23 heavy (non-hydrogen) atoms. The van der Waals surface area contributed by atoms with Crippen molar-refractivity contribution >= 4 is 16.8 Å². The number of nitrogens with one attached hydrogen (secondary N) is 1. The van der Waals surface area contributed by atoms with Crippen LogP contribution in [0.1, 0.15) is 11.1 Å². The minimum absolute atomic E-state index is 0.0409. The molecule has 1 amide bonds. The van der Waals surface area contributed by atoms with Gasteiger partial charge in [-0.3, -0.25) is 4.79 Å². The summed E-state index contributed by atoms with van der Waals surface area (Å²) in [7, 11) is 1.80. The first-order chi connectivity index (χ1) is 11.1. The number of hydrogen-bond acceptors (Lipinski definition) is 2. The van der Waals surface area contributed by atoms with Crippen LogP contribution in [0.15, 0.2) is 54.7 Å². The van der Waals surface area contributed by atoms with Crippen molar-refractivity contribution in [1.82, 2.24) is 9.88 Å². The Morgan fingerprint density at radius 2 is 1.96 bits per heavy atom. The minimum Gasteiger partial charge on any atom is -0.484 e. The highest BCUT2D eigenvalue weighted by Crippen LogP contribution is 2.19. The number of likely N-dealkylation sites (N-methyl/N-ethyl adjacent to an activating group) is 1. The molecule has 1 N–H and O–H groups in total. The van der Waals surface area contributed by atoms with Gasteiger partial charge in [0.15, 0.2) is 6.61 Å². The number of para-hydroxylation sites is 1. The Labute approximate surface area is 135 Å². The van der Waals surface area contributed by atoms with E-state index in [1.807, 2.05) is 61.7 Å². The van der Waals surface area contributed by atoms with Crippen LogP contribution in [0.5, 0.6) is 5.75 Å². The van der Waals surface area contributed by atoms with Crippen molar-refractivity contribution in [3.63, 3.8) is 0 Å². The lowest BCUT2D eigenvalue weighted by Crippen LogP contribution is -2.31. The van der Waals surface area contributed by atoms with Gasteiger partial charge in [0.2, 0.25) is 0 Å². The van der Waals surface area contributed by atoms with Gasteiger partial charge in [0.05, 0.1) is 0 Å². The molecule has 0 bridgehead atoms. The number of carbonyl (C=O) groups excluding carboxylic acids is 1. The molecule has 4 heteroatoms. The van der Waals surface area contributed by atoms with Crippen LogP contribution >= 0.6 is 0 Å². The molecule has 4 nitrogen and oxygen atoms in total. The van der Waals surface area contributed by atoms with Crippen molar-refractivity contribution in [2.24, 2.45) is 0 Å². The Bertz CT molecular complexity index is 823. The molecule has 118 valence electrons. The first kappa shape index (κ1) is 15.2. The van der Waals surface area contributed by atoms with Gasteiger partial charge in [0.25, 0.3) is 5.91 Å². The molecule has 0 radical (unpaired) electrons. The normalized spacial score (nSPS) is 10.7. The van der Waals surface area contributed by atoms with Crippen LogP contribution in [0.25, 0.3) is 10.9 Å². The number of ether oxygens (including phenoxy) is 1. The predicted molar refractivity (Wildman–Crippen MR) is 91.4 cm³/mol. The number of nitrogens with zero attached hydrogens (tertiary/aromatic N) is 1. The lowest BCUT2D eigenvalue weighted by molar-refractivity contribution is -0.132. The highest BCUT2D eigenvalue weighted by molar-refractivity contribution is 5.84. The van der Waals surface area contributed by atoms with Crippen LogP contribution in [-0.4, -0.2) is 29.4 Å². The van der Waals surface area contributed by atoms with E-state index in [1.165, 1.54) is 0 Å². The van der Waals surface area contributed by atoms with Crippen LogP contribution < -0.4 is 4.74 Å². The maximum Gasteiger partial charge on any atom is 0.260 e. The van der Waals surface area contributed by atoms with Gasteiger partial charge in [0, 0.05) is 30.7 Å². The second-order valence-corrected chi connectivity index (χ2v) is 5.66. The van der Waals surface area contributed by atoms with Gasteiger partial charge in [-0.1, -0.05) is 30.3 Å². The van der Waals surface area contributed by atoms with Crippen LogP contribution in [-0.2, 0) is 11.3 Å². The van der Waals surface area contributed by atoms with Crippen molar-refractivity contribution in [3.05, 3.63) is 65.9 Å². The number of rotatable bonds is 5. The Morgan fingerprint density at radius 1 is 1.13 bits per heavy atom. The molecule has 3 aromatic rings. The molecule has 2 aromatic carbocycles. The van der Waals surface area contributed by atoms with Crippen LogP contribution in [0.2, 0.25) is 0 Å². The number of aromatic nitrogens is 1. The van der Waals surface area contributed by atoms with E-state index in [2.05, 4.69) is 4.98 Å². The van der Waals surface area contributed by atoms with Gasteiger partial charge in [-0.05, 0) is 36.2 Å². The summed E-state index contributed by atoms with van der Waals surface area (Å²) in [5.41, 5.74) is 3.23. The smallest absolute Gasteiger partial charge is 0.260 e. The number of aryl methyl sites for hydroxylation is 1. The van der Waals surface area contributed by atoms with Gasteiger partial charge in [-0.25, -0.2) is 0 Å². The first-order valence-electron chi connectivity index (χ1n) is 7.62. The van der Waals surface area contributed by atoms with Crippen molar-refractivity contribution in [2.75, 3.05) is 13.7 Å². The monoisotopic (exact) mass is 308 g/mol. The summed E-state index contributed by atoms with van der Waals surface area (Å²) >= 11 is 0. The van der Waals surface area contributed by atoms with E-state index in [9.17, 15) is 4.79 Å². The van der Waals surface area contributed by atoms with Gasteiger partial charge >= 0.3 is 0 Å². The summed E-state index contributed by atoms with van der Waals surface area (Å²) in [5, 5.41) is 1.15. The summed E-state index contributed by atoms with van der Waals surface area (Å²) in [6, 6.07) is 15.8. The third kappa shape index (κ3) is 3.37. The Kier molecular flexibility index (Phi) is 4.33. The van der Waals surface area contributed by atoms with Crippen LogP contribution in [0.4, 0.5) is 0 Å². The van der Waals surface area contributed by atoms with Crippen molar-refractivity contribution < 1.29 is 9.53 Å². The Hall–Kier alpha value is -2.75. The zero-order valence-electron chi connectivity index (χ0n) is 13.4. The standard InChI is InChI=1S/C19H20N2O2/c1-14-6-3-4-9-18(14)23-13-19(22)21(2)12-15-7-5-8-17-16(15)10-11-20-17/h3-11,20H,12-13H2,1-2H3. The molecule has 1 aromatic heterocycles. The Morgan fingerprint density at radius 3 is 2.78 bits per heavy atom. The number of hydrogen-bond donors (Lipinski definition) is 1. The van der Waals surface area contributed by atoms with Gasteiger partial charge < -0.3 is 14.6 Å². The number of H-pyrrole nitrogens is 1. The highest BCUT2D eigenvalue weighted by Gasteiger charge is 2.12. The molecule has 0 aliphatic carbocycles. The quantitative estimate of drug-likeness (QED) is 0.784. The summed E-state index contributed by atoms with van der Waals surface area (Å²) < 4.78 is 5.63. The fraction of sp³-hybridized carbons (Fsp3) is 0.211. The second-order valence-electron chi connectivity index (χ2n) is 5.66. The van der Waals surface area contributed by atoms with E-state index in [0.29, 0.717) is 6.54 Å². The third-order valence-corrected chi connectivity index (χ3v) is 3.96. The number of benzene rings is 2. The van der Waals surface area contributed by atoms with Gasteiger partial charge in [-0.15, -0.1) is 0 Å². The molecule has 1 heterocycles. The fourth-order valence-electron chi connectivity index (χ4n) is 2.60. The Balaban J connectivity index is 1.64. The number of fused-ring (bicyclic) bond motifs is 1. The molecule has 0 saturated heterocycles. The fourth-order valence-corrected chi connectivity index (χ4v) is 2.60. The molecule has 0 unspecified atom stereocenters. The third-order valence-electron chi connectivity index (χ3n) is 3.96. The lowest BCUT2D eigenvalue weighted by atomic mass is 10.1. The zero-order chi connectivity index (χ0) is 16.2. The summed E-state index contributed by atoms with van der Waals surface area (Å²) in [6.45, 7) is 2.58. The largest absolute Gasteiger partial charge is 0.484 e. The molecular formula is C19H20N2O2. The topological polar surface area (TPSA) is 45.3 Å². The van der Waals surface area contributed by atoms with Crippen LogP contribution in [0, 0.1) is 6.92 Å². The van der Waals surface area contributed by atoms with Crippen LogP contribution in [0.3, 0.4) is 0 Å². The number of amides is 1. The summed E-state index contributed by atoms with van der Waals surface area (Å²) in [6.07, 6.45) is 1.91. The molecule has 0 saturated carbocycles. The van der Waals surface area contributed by atoms with E-state index in [1.54, 1.807) is 11.9 Å². The first-order valence-corrected chi connectivity index (χ1v) is 7.62. The van der Waals surface area contributed by atoms with Gasteiger partial charge in [0.1, 0.15) is 5.75 Å². The predicted octanol–water partition coefficient (Wildman–Crippen LogP) is 3.51. The van der Waals surface area contributed by atoms with E-state index < -0.39 is 0 Å². The molecule has 0 aliphatic heterocycles. The average molecular weight is 308 g/mol. The molecular weight excluding hydrogens is 288 g/mol. The van der Waals surface area contributed by atoms with E-state index in [4.69, 9.17) is 4.74 Å². The minimum atomic E-state index is -0.0409. The molecule has 0 fully saturated rings. The van der Waals surface area contributed by atoms with E-state index in [0.717, 1.165) is 27.8 Å². The molecule has 0 atom stereocenters. The average Bonchev–Trinajstić information content (AvgIpc) is 3.03. The van der Waals surface area contributed by atoms with Crippen molar-refractivity contribution in [1.29, 1.82) is 0 Å². The summed E-state index contributed by atoms with van der Waals surface area (Å²) in [5.74, 6) is 0.711. The lowest BCUT2D eigenvalue weighted by Gasteiger charge is -2.18.